The molecule has 2 heterocycles. The number of ether oxygens (including phenoxy) is 1. The van der Waals surface area contributed by atoms with E-state index < -0.39 is 16.9 Å². The normalized spacial score (nSPS) is 15.5. The van der Waals surface area contributed by atoms with E-state index >= 15 is 0 Å². The summed E-state index contributed by atoms with van der Waals surface area (Å²) in [5.74, 6) is 0.152. The third-order valence-electron chi connectivity index (χ3n) is 5.43. The van der Waals surface area contributed by atoms with Crippen molar-refractivity contribution in [3.8, 4) is 0 Å². The quantitative estimate of drug-likeness (QED) is 0.251. The minimum atomic E-state index is -0.595. The number of aromatic nitrogens is 2. The van der Waals surface area contributed by atoms with Crippen LogP contribution in [0.4, 0.5) is 11.6 Å². The van der Waals surface area contributed by atoms with Gasteiger partial charge in [0.25, 0.3) is 5.69 Å². The zero-order valence-electron chi connectivity index (χ0n) is 17.5. The molecule has 0 unspecified atom stereocenters. The Bertz CT molecular complexity index is 1180. The maximum atomic E-state index is 13.2. The predicted octanol–water partition coefficient (Wildman–Crippen LogP) is 4.97. The highest BCUT2D eigenvalue weighted by Crippen LogP contribution is 2.40. The number of nitro groups is 1. The first-order chi connectivity index (χ1) is 15.0. The first-order valence-electron chi connectivity index (χ1n) is 10.4. The number of nitrogens with zero attached hydrogens (tertiary/aromatic N) is 3. The first-order valence-corrected chi connectivity index (χ1v) is 10.4. The standard InChI is InChI=1S/C23H24N4O4/c1-3-4-7-13-31-22(28)20-15(2)24-23-25-18-11-5-6-12-19(18)26(23)21(20)16-9-8-10-17(14-16)27(29)30/h5-6,8-12,14,21H,3-4,7,13H2,1-2H3,(H,24,25)/t21-/m0/s1. The van der Waals surface area contributed by atoms with Crippen LogP contribution in [0.1, 0.15) is 44.7 Å². The average Bonchev–Trinajstić information content (AvgIpc) is 3.13. The highest BCUT2D eigenvalue weighted by molar-refractivity contribution is 5.94. The Morgan fingerprint density at radius 3 is 2.81 bits per heavy atom. The highest BCUT2D eigenvalue weighted by atomic mass is 16.6. The summed E-state index contributed by atoms with van der Waals surface area (Å²) >= 11 is 0. The van der Waals surface area contributed by atoms with Crippen LogP contribution < -0.4 is 5.32 Å². The van der Waals surface area contributed by atoms with Crippen molar-refractivity contribution in [3.63, 3.8) is 0 Å². The molecule has 0 aliphatic carbocycles. The lowest BCUT2D eigenvalue weighted by atomic mass is 9.94. The zero-order chi connectivity index (χ0) is 22.0. The van der Waals surface area contributed by atoms with Gasteiger partial charge in [0.1, 0.15) is 0 Å². The number of non-ortho nitro benzene ring substituents is 1. The van der Waals surface area contributed by atoms with E-state index in [2.05, 4.69) is 17.2 Å². The number of carbonyl (C=O) groups is 1. The second kappa shape index (κ2) is 8.59. The number of nitrogens with one attached hydrogen (secondary N) is 1. The van der Waals surface area contributed by atoms with E-state index in [4.69, 9.17) is 4.74 Å². The minimum Gasteiger partial charge on any atom is -0.462 e. The third-order valence-corrected chi connectivity index (χ3v) is 5.43. The van der Waals surface area contributed by atoms with E-state index in [0.717, 1.165) is 30.3 Å². The van der Waals surface area contributed by atoms with Crippen molar-refractivity contribution >= 4 is 28.6 Å². The molecule has 3 aromatic rings. The smallest absolute Gasteiger partial charge is 0.338 e. The van der Waals surface area contributed by atoms with Gasteiger partial charge in [0.15, 0.2) is 0 Å². The molecule has 4 rings (SSSR count). The second-order valence-electron chi connectivity index (χ2n) is 7.56. The molecule has 8 heteroatoms. The van der Waals surface area contributed by atoms with Gasteiger partial charge in [0, 0.05) is 17.8 Å². The monoisotopic (exact) mass is 420 g/mol. The summed E-state index contributed by atoms with van der Waals surface area (Å²) in [6.45, 7) is 4.22. The topological polar surface area (TPSA) is 99.3 Å². The molecule has 1 aliphatic rings. The molecule has 0 fully saturated rings. The molecule has 1 atom stereocenters. The lowest BCUT2D eigenvalue weighted by molar-refractivity contribution is -0.384. The van der Waals surface area contributed by atoms with Gasteiger partial charge in [-0.05, 0) is 31.0 Å². The number of fused-ring (bicyclic) bond motifs is 3. The maximum Gasteiger partial charge on any atom is 0.338 e. The number of hydrogen-bond donors (Lipinski definition) is 1. The Kier molecular flexibility index (Phi) is 5.70. The largest absolute Gasteiger partial charge is 0.462 e. The molecule has 31 heavy (non-hydrogen) atoms. The fourth-order valence-corrected chi connectivity index (χ4v) is 3.95. The summed E-state index contributed by atoms with van der Waals surface area (Å²) < 4.78 is 7.49. The number of esters is 1. The van der Waals surface area contributed by atoms with E-state index in [0.29, 0.717) is 29.4 Å². The van der Waals surface area contributed by atoms with Crippen molar-refractivity contribution in [1.29, 1.82) is 0 Å². The molecule has 1 N–H and O–H groups in total. The lowest BCUT2D eigenvalue weighted by Crippen LogP contribution is -2.29. The van der Waals surface area contributed by atoms with Crippen LogP contribution in [0.2, 0.25) is 0 Å². The summed E-state index contributed by atoms with van der Waals surface area (Å²) in [5.41, 5.74) is 3.24. The number of imidazole rings is 1. The molecule has 8 nitrogen and oxygen atoms in total. The Hall–Kier alpha value is -3.68. The molecule has 0 saturated carbocycles. The number of anilines is 1. The zero-order valence-corrected chi connectivity index (χ0v) is 17.5. The molecule has 1 aromatic heterocycles. The maximum absolute atomic E-state index is 13.2. The van der Waals surface area contributed by atoms with Crippen LogP contribution in [0.25, 0.3) is 11.0 Å². The van der Waals surface area contributed by atoms with Crippen molar-refractivity contribution in [2.75, 3.05) is 11.9 Å². The van der Waals surface area contributed by atoms with E-state index in [9.17, 15) is 14.9 Å². The van der Waals surface area contributed by atoms with Crippen LogP contribution in [0.5, 0.6) is 0 Å². The molecule has 0 saturated heterocycles. The number of para-hydroxylation sites is 2. The Morgan fingerprint density at radius 1 is 1.23 bits per heavy atom. The average molecular weight is 420 g/mol. The van der Waals surface area contributed by atoms with Crippen LogP contribution >= 0.6 is 0 Å². The van der Waals surface area contributed by atoms with Crippen molar-refractivity contribution in [2.45, 2.75) is 39.2 Å². The number of nitro benzene ring substituents is 1. The van der Waals surface area contributed by atoms with Crippen molar-refractivity contribution in [1.82, 2.24) is 9.55 Å². The molecule has 1 aliphatic heterocycles. The highest BCUT2D eigenvalue weighted by Gasteiger charge is 2.35. The van der Waals surface area contributed by atoms with Gasteiger partial charge < -0.3 is 10.1 Å². The Balaban J connectivity index is 1.84. The fourth-order valence-electron chi connectivity index (χ4n) is 3.95. The van der Waals surface area contributed by atoms with Crippen molar-refractivity contribution in [2.24, 2.45) is 0 Å². The Morgan fingerprint density at radius 2 is 2.03 bits per heavy atom. The van der Waals surface area contributed by atoms with E-state index in [1.54, 1.807) is 19.1 Å². The number of rotatable bonds is 7. The first kappa shape index (κ1) is 20.6. The number of benzene rings is 2. The fraction of sp³-hybridized carbons (Fsp3) is 0.304. The second-order valence-corrected chi connectivity index (χ2v) is 7.56. The number of hydrogen-bond acceptors (Lipinski definition) is 6. The molecule has 0 spiro atoms. The predicted molar refractivity (Wildman–Crippen MR) is 118 cm³/mol. The third kappa shape index (κ3) is 3.88. The molecule has 2 aromatic carbocycles. The van der Waals surface area contributed by atoms with Gasteiger partial charge in [-0.3, -0.25) is 14.7 Å². The number of carbonyl (C=O) groups excluding carboxylic acids is 1. The summed E-state index contributed by atoms with van der Waals surface area (Å²) in [5, 5.41) is 14.6. The molecule has 0 amide bonds. The molecule has 0 radical (unpaired) electrons. The van der Waals surface area contributed by atoms with Gasteiger partial charge >= 0.3 is 5.97 Å². The van der Waals surface area contributed by atoms with Crippen LogP contribution in [0, 0.1) is 10.1 Å². The van der Waals surface area contributed by atoms with Gasteiger partial charge in [-0.2, -0.15) is 0 Å². The van der Waals surface area contributed by atoms with Gasteiger partial charge in [-0.15, -0.1) is 0 Å². The number of allylic oxidation sites excluding steroid dienone is 1. The van der Waals surface area contributed by atoms with Gasteiger partial charge in [-0.25, -0.2) is 9.78 Å². The lowest BCUT2D eigenvalue weighted by Gasteiger charge is -2.30. The summed E-state index contributed by atoms with van der Waals surface area (Å²) in [7, 11) is 0. The van der Waals surface area contributed by atoms with Crippen molar-refractivity contribution in [3.05, 3.63) is 75.5 Å². The van der Waals surface area contributed by atoms with Gasteiger partial charge in [0.05, 0.1) is 34.2 Å². The van der Waals surface area contributed by atoms with Crippen molar-refractivity contribution < 1.29 is 14.5 Å². The van der Waals surface area contributed by atoms with E-state index in [1.807, 2.05) is 28.8 Å². The summed E-state index contributed by atoms with van der Waals surface area (Å²) in [6.07, 6.45) is 2.80. The summed E-state index contributed by atoms with van der Waals surface area (Å²) in [6, 6.07) is 13.4. The summed E-state index contributed by atoms with van der Waals surface area (Å²) in [4.78, 5) is 28.8. The molecule has 160 valence electrons. The van der Waals surface area contributed by atoms with E-state index in [1.165, 1.54) is 12.1 Å². The SMILES string of the molecule is CCCCCOC(=O)C1=C(C)Nc2nc3ccccc3n2[C@H]1c1cccc([N+](=O)[O-])c1. The van der Waals surface area contributed by atoms with Crippen LogP contribution in [-0.4, -0.2) is 27.1 Å². The Labute approximate surface area is 179 Å². The van der Waals surface area contributed by atoms with Gasteiger partial charge in [-0.1, -0.05) is 44.0 Å². The molecular weight excluding hydrogens is 396 g/mol. The molecular formula is C23H24N4O4. The van der Waals surface area contributed by atoms with Gasteiger partial charge in [0.2, 0.25) is 5.95 Å². The minimum absolute atomic E-state index is 0.0321. The molecule has 0 bridgehead atoms. The van der Waals surface area contributed by atoms with E-state index in [-0.39, 0.29) is 5.69 Å². The number of unbranched alkanes of at least 4 members (excludes halogenated alkanes) is 2. The van der Waals surface area contributed by atoms with Crippen LogP contribution in [0.3, 0.4) is 0 Å². The van der Waals surface area contributed by atoms with Crippen LogP contribution in [0.15, 0.2) is 59.8 Å². The van der Waals surface area contributed by atoms with Crippen LogP contribution in [-0.2, 0) is 9.53 Å².